The van der Waals surface area contributed by atoms with Gasteiger partial charge in [0.15, 0.2) is 0 Å². The molecule has 0 fully saturated rings. The number of benzene rings is 2. The smallest absolute Gasteiger partial charge is 0.269 e. The molecule has 0 saturated carbocycles. The topological polar surface area (TPSA) is 69.2 Å². The molecule has 2 N–H and O–H groups in total. The highest BCUT2D eigenvalue weighted by molar-refractivity contribution is 5.65. The van der Waals surface area contributed by atoms with Crippen LogP contribution in [0.1, 0.15) is 18.5 Å². The summed E-state index contributed by atoms with van der Waals surface area (Å²) in [7, 11) is 0. The van der Waals surface area contributed by atoms with E-state index >= 15 is 0 Å². The average molecular weight is 242 g/mol. The molecule has 2 aromatic carbocycles. The van der Waals surface area contributed by atoms with Crippen molar-refractivity contribution in [2.75, 3.05) is 0 Å². The Morgan fingerprint density at radius 3 is 1.83 bits per heavy atom. The molecule has 92 valence electrons. The van der Waals surface area contributed by atoms with Gasteiger partial charge in [0, 0.05) is 18.2 Å². The lowest BCUT2D eigenvalue weighted by atomic mass is 10.0. The summed E-state index contributed by atoms with van der Waals surface area (Å²) in [6, 6.07) is 14.4. The molecule has 2 aromatic rings. The largest absolute Gasteiger partial charge is 0.324 e. The molecule has 4 nitrogen and oxygen atoms in total. The molecule has 0 bridgehead atoms. The van der Waals surface area contributed by atoms with Crippen LogP contribution in [0, 0.1) is 10.1 Å². The fraction of sp³-hybridized carbons (Fsp3) is 0.143. The highest BCUT2D eigenvalue weighted by atomic mass is 16.6. The number of hydrogen-bond acceptors (Lipinski definition) is 3. The molecule has 0 heterocycles. The van der Waals surface area contributed by atoms with Crippen molar-refractivity contribution in [3.8, 4) is 11.1 Å². The van der Waals surface area contributed by atoms with E-state index in [1.165, 1.54) is 12.1 Å². The van der Waals surface area contributed by atoms with E-state index in [1.807, 2.05) is 31.2 Å². The standard InChI is InChI=1S/C14H14N2O2/c1-10(15)11-2-4-12(5-3-11)13-6-8-14(9-7-13)16(17)18/h2-10H,15H2,1H3/t10-/m0/s1. The molecule has 18 heavy (non-hydrogen) atoms. The van der Waals surface area contributed by atoms with Gasteiger partial charge in [-0.3, -0.25) is 10.1 Å². The van der Waals surface area contributed by atoms with Gasteiger partial charge >= 0.3 is 0 Å². The van der Waals surface area contributed by atoms with E-state index in [0.717, 1.165) is 16.7 Å². The second kappa shape index (κ2) is 4.98. The van der Waals surface area contributed by atoms with Crippen molar-refractivity contribution < 1.29 is 4.92 Å². The van der Waals surface area contributed by atoms with Crippen molar-refractivity contribution in [1.82, 2.24) is 0 Å². The van der Waals surface area contributed by atoms with E-state index < -0.39 is 4.92 Å². The molecule has 0 aliphatic rings. The first-order valence-corrected chi connectivity index (χ1v) is 5.68. The van der Waals surface area contributed by atoms with Crippen LogP contribution in [0.4, 0.5) is 5.69 Å². The SMILES string of the molecule is C[C@H](N)c1ccc(-c2ccc([N+](=O)[O-])cc2)cc1. The van der Waals surface area contributed by atoms with Gasteiger partial charge in [0.1, 0.15) is 0 Å². The number of nitro benzene ring substituents is 1. The predicted molar refractivity (Wildman–Crippen MR) is 71.1 cm³/mol. The van der Waals surface area contributed by atoms with E-state index in [0.29, 0.717) is 0 Å². The molecule has 0 aromatic heterocycles. The quantitative estimate of drug-likeness (QED) is 0.663. The van der Waals surface area contributed by atoms with Crippen molar-refractivity contribution in [1.29, 1.82) is 0 Å². The molecule has 0 spiro atoms. The molecule has 1 atom stereocenters. The van der Waals surface area contributed by atoms with Gasteiger partial charge in [-0.1, -0.05) is 24.3 Å². The van der Waals surface area contributed by atoms with Gasteiger partial charge in [-0.05, 0) is 35.7 Å². The molecule has 0 unspecified atom stereocenters. The van der Waals surface area contributed by atoms with Crippen molar-refractivity contribution in [2.45, 2.75) is 13.0 Å². The zero-order chi connectivity index (χ0) is 13.1. The van der Waals surface area contributed by atoms with E-state index in [-0.39, 0.29) is 11.7 Å². The van der Waals surface area contributed by atoms with Crippen LogP contribution >= 0.6 is 0 Å². The number of hydrogen-bond donors (Lipinski definition) is 1. The first-order valence-electron chi connectivity index (χ1n) is 5.68. The lowest BCUT2D eigenvalue weighted by molar-refractivity contribution is -0.384. The van der Waals surface area contributed by atoms with Crippen LogP contribution in [0.5, 0.6) is 0 Å². The van der Waals surface area contributed by atoms with Gasteiger partial charge in [-0.15, -0.1) is 0 Å². The van der Waals surface area contributed by atoms with Crippen LogP contribution in [-0.2, 0) is 0 Å². The highest BCUT2D eigenvalue weighted by Gasteiger charge is 2.05. The van der Waals surface area contributed by atoms with Gasteiger partial charge in [0.2, 0.25) is 0 Å². The fourth-order valence-corrected chi connectivity index (χ4v) is 1.75. The maximum atomic E-state index is 10.6. The number of rotatable bonds is 3. The Morgan fingerprint density at radius 1 is 1.00 bits per heavy atom. The highest BCUT2D eigenvalue weighted by Crippen LogP contribution is 2.23. The maximum Gasteiger partial charge on any atom is 0.269 e. The van der Waals surface area contributed by atoms with E-state index in [9.17, 15) is 10.1 Å². The normalized spacial score (nSPS) is 12.1. The van der Waals surface area contributed by atoms with Crippen LogP contribution < -0.4 is 5.73 Å². The number of nitrogens with two attached hydrogens (primary N) is 1. The Labute approximate surface area is 105 Å². The fourth-order valence-electron chi connectivity index (χ4n) is 1.75. The third-order valence-electron chi connectivity index (χ3n) is 2.85. The summed E-state index contributed by atoms with van der Waals surface area (Å²) in [4.78, 5) is 10.2. The van der Waals surface area contributed by atoms with Gasteiger partial charge < -0.3 is 5.73 Å². The Bertz CT molecular complexity index is 545. The van der Waals surface area contributed by atoms with Gasteiger partial charge in [-0.25, -0.2) is 0 Å². The van der Waals surface area contributed by atoms with Crippen LogP contribution in [0.3, 0.4) is 0 Å². The minimum absolute atomic E-state index is 0.0101. The summed E-state index contributed by atoms with van der Waals surface area (Å²) >= 11 is 0. The summed E-state index contributed by atoms with van der Waals surface area (Å²) in [6.07, 6.45) is 0. The number of nitro groups is 1. The lowest BCUT2D eigenvalue weighted by Crippen LogP contribution is -2.04. The van der Waals surface area contributed by atoms with Crippen molar-refractivity contribution >= 4 is 5.69 Å². The van der Waals surface area contributed by atoms with Crippen LogP contribution in [0.15, 0.2) is 48.5 Å². The van der Waals surface area contributed by atoms with Gasteiger partial charge in [0.05, 0.1) is 4.92 Å². The molecule has 0 aliphatic carbocycles. The molecule has 0 radical (unpaired) electrons. The first-order chi connectivity index (χ1) is 8.58. The molecule has 2 rings (SSSR count). The van der Waals surface area contributed by atoms with Crippen molar-refractivity contribution in [3.05, 3.63) is 64.2 Å². The van der Waals surface area contributed by atoms with Crippen molar-refractivity contribution in [3.63, 3.8) is 0 Å². The van der Waals surface area contributed by atoms with Crippen LogP contribution in [-0.4, -0.2) is 4.92 Å². The molecule has 0 saturated heterocycles. The first kappa shape index (κ1) is 12.3. The molecular weight excluding hydrogens is 228 g/mol. The zero-order valence-corrected chi connectivity index (χ0v) is 10.0. The number of non-ortho nitro benzene ring substituents is 1. The van der Waals surface area contributed by atoms with Crippen LogP contribution in [0.2, 0.25) is 0 Å². The second-order valence-corrected chi connectivity index (χ2v) is 4.21. The minimum Gasteiger partial charge on any atom is -0.324 e. The monoisotopic (exact) mass is 242 g/mol. The van der Waals surface area contributed by atoms with E-state index in [2.05, 4.69) is 0 Å². The van der Waals surface area contributed by atoms with E-state index in [4.69, 9.17) is 5.73 Å². The third kappa shape index (κ3) is 2.55. The Morgan fingerprint density at radius 2 is 1.44 bits per heavy atom. The molecule has 0 amide bonds. The summed E-state index contributed by atoms with van der Waals surface area (Å²) in [5, 5.41) is 10.6. The second-order valence-electron chi connectivity index (χ2n) is 4.21. The molecular formula is C14H14N2O2. The Balaban J connectivity index is 2.28. The Hall–Kier alpha value is -2.20. The predicted octanol–water partition coefficient (Wildman–Crippen LogP) is 3.28. The number of nitrogens with zero attached hydrogens (tertiary/aromatic N) is 1. The zero-order valence-electron chi connectivity index (χ0n) is 10.0. The lowest BCUT2D eigenvalue weighted by Gasteiger charge is -2.07. The van der Waals surface area contributed by atoms with Gasteiger partial charge in [0.25, 0.3) is 5.69 Å². The summed E-state index contributed by atoms with van der Waals surface area (Å²) in [5.74, 6) is 0. The van der Waals surface area contributed by atoms with E-state index in [1.54, 1.807) is 12.1 Å². The minimum atomic E-state index is -0.400. The van der Waals surface area contributed by atoms with Crippen molar-refractivity contribution in [2.24, 2.45) is 5.73 Å². The van der Waals surface area contributed by atoms with Gasteiger partial charge in [-0.2, -0.15) is 0 Å². The maximum absolute atomic E-state index is 10.6. The summed E-state index contributed by atoms with van der Waals surface area (Å²) in [6.45, 7) is 1.93. The molecule has 0 aliphatic heterocycles. The summed E-state index contributed by atoms with van der Waals surface area (Å²) < 4.78 is 0. The Kier molecular flexibility index (Phi) is 3.39. The third-order valence-corrected chi connectivity index (χ3v) is 2.85. The average Bonchev–Trinajstić information content (AvgIpc) is 2.39. The molecule has 4 heteroatoms. The van der Waals surface area contributed by atoms with Crippen LogP contribution in [0.25, 0.3) is 11.1 Å². The summed E-state index contributed by atoms with van der Waals surface area (Å²) in [5.41, 5.74) is 8.93.